The van der Waals surface area contributed by atoms with E-state index in [1.54, 1.807) is 24.0 Å². The summed E-state index contributed by atoms with van der Waals surface area (Å²) >= 11 is 0. The zero-order valence-electron chi connectivity index (χ0n) is 15.6. The number of nitrogens with zero attached hydrogens (tertiary/aromatic N) is 1. The lowest BCUT2D eigenvalue weighted by Crippen LogP contribution is -2.57. The molecule has 1 fully saturated rings. The van der Waals surface area contributed by atoms with Gasteiger partial charge in [0.15, 0.2) is 0 Å². The van der Waals surface area contributed by atoms with Crippen LogP contribution in [0.5, 0.6) is 11.5 Å². The van der Waals surface area contributed by atoms with Crippen LogP contribution < -0.4 is 15.1 Å². The fourth-order valence-electron chi connectivity index (χ4n) is 3.41. The summed E-state index contributed by atoms with van der Waals surface area (Å²) < 4.78 is 11.1. The summed E-state index contributed by atoms with van der Waals surface area (Å²) in [6, 6.07) is 3.31. The van der Waals surface area contributed by atoms with Crippen LogP contribution >= 0.6 is 0 Å². The molecule has 28 heavy (non-hydrogen) atoms. The first-order chi connectivity index (χ1) is 13.3. The van der Waals surface area contributed by atoms with E-state index < -0.39 is 19.0 Å². The summed E-state index contributed by atoms with van der Waals surface area (Å²) in [5, 5.41) is 19.3. The first kappa shape index (κ1) is 20.2. The molecule has 0 bridgehead atoms. The van der Waals surface area contributed by atoms with Crippen molar-refractivity contribution in [3.05, 3.63) is 23.3 Å². The molecule has 0 radical (unpaired) electrons. The molecule has 2 heterocycles. The molecule has 1 aromatic rings. The number of likely N-dealkylation sites (tertiary alicyclic amines) is 1. The van der Waals surface area contributed by atoms with Crippen molar-refractivity contribution in [1.82, 2.24) is 4.90 Å². The molecule has 1 saturated heterocycles. The van der Waals surface area contributed by atoms with E-state index in [0.29, 0.717) is 31.4 Å². The van der Waals surface area contributed by atoms with Gasteiger partial charge in [-0.15, -0.1) is 0 Å². The van der Waals surface area contributed by atoms with Crippen molar-refractivity contribution in [3.63, 3.8) is 0 Å². The Kier molecular flexibility index (Phi) is 5.90. The molecule has 2 aliphatic heterocycles. The van der Waals surface area contributed by atoms with E-state index in [1.165, 1.54) is 0 Å². The third-order valence-electron chi connectivity index (χ3n) is 4.97. The van der Waals surface area contributed by atoms with Gasteiger partial charge in [-0.3, -0.25) is 9.59 Å². The lowest BCUT2D eigenvalue weighted by Gasteiger charge is -2.40. The molecule has 0 aliphatic carbocycles. The molecule has 150 valence electrons. The number of amides is 1. The summed E-state index contributed by atoms with van der Waals surface area (Å²) in [5.74, 6) is -1.71. The number of hydrogen-bond acceptors (Lipinski definition) is 7. The third kappa shape index (κ3) is 4.12. The number of nitrogens with two attached hydrogens (primary N) is 1. The van der Waals surface area contributed by atoms with Gasteiger partial charge in [0.25, 0.3) is 0 Å². The summed E-state index contributed by atoms with van der Waals surface area (Å²) in [6.45, 7) is 2.20. The van der Waals surface area contributed by atoms with E-state index >= 15 is 0 Å². The fraction of sp³-hybridized carbons (Fsp3) is 0.500. The molecule has 9 nitrogen and oxygen atoms in total. The summed E-state index contributed by atoms with van der Waals surface area (Å²) in [5.41, 5.74) is 5.86. The van der Waals surface area contributed by atoms with Crippen molar-refractivity contribution in [2.45, 2.75) is 32.2 Å². The highest BCUT2D eigenvalue weighted by Crippen LogP contribution is 2.37. The number of aromatic carboxylic acids is 1. The fourth-order valence-corrected chi connectivity index (χ4v) is 3.41. The predicted molar refractivity (Wildman–Crippen MR) is 99.4 cm³/mol. The van der Waals surface area contributed by atoms with Crippen molar-refractivity contribution in [2.75, 3.05) is 19.6 Å². The van der Waals surface area contributed by atoms with Gasteiger partial charge >= 0.3 is 13.1 Å². The summed E-state index contributed by atoms with van der Waals surface area (Å²) in [6.07, 6.45) is 0.662. The minimum absolute atomic E-state index is 0.0869. The summed E-state index contributed by atoms with van der Waals surface area (Å²) in [4.78, 5) is 37.0. The molecule has 0 saturated carbocycles. The first-order valence-electron chi connectivity index (χ1n) is 9.21. The van der Waals surface area contributed by atoms with E-state index in [4.69, 9.17) is 15.1 Å². The normalized spacial score (nSPS) is 17.2. The van der Waals surface area contributed by atoms with Crippen LogP contribution in [0.4, 0.5) is 0 Å². The third-order valence-corrected chi connectivity index (χ3v) is 4.97. The zero-order valence-corrected chi connectivity index (χ0v) is 15.6. The van der Waals surface area contributed by atoms with Crippen LogP contribution in [0.2, 0.25) is 6.32 Å². The number of fused-ring (bicyclic) bond motifs is 1. The topological polar surface area (TPSA) is 139 Å². The van der Waals surface area contributed by atoms with Crippen LogP contribution in [0.15, 0.2) is 12.1 Å². The van der Waals surface area contributed by atoms with Crippen LogP contribution in [0.1, 0.15) is 29.3 Å². The quantitative estimate of drug-likeness (QED) is 0.551. The second-order valence-corrected chi connectivity index (χ2v) is 7.17. The Labute approximate surface area is 162 Å². The number of ether oxygens (including phenoxy) is 1. The van der Waals surface area contributed by atoms with Crippen LogP contribution in [0.25, 0.3) is 0 Å². The largest absolute Gasteiger partial charge is 0.535 e. The van der Waals surface area contributed by atoms with Crippen LogP contribution in [0.3, 0.4) is 0 Å². The van der Waals surface area contributed by atoms with Gasteiger partial charge in [-0.05, 0) is 24.4 Å². The number of carboxylic acid groups (broad SMARTS) is 1. The van der Waals surface area contributed by atoms with Crippen LogP contribution in [-0.2, 0) is 16.0 Å². The smallest absolute Gasteiger partial charge is 0.522 e. The Hall–Kier alpha value is -2.59. The van der Waals surface area contributed by atoms with Crippen molar-refractivity contribution >= 4 is 24.8 Å². The number of Topliss-reactive ketones (excluding diaryl/α,β-unsaturated/α-hetero) is 1. The van der Waals surface area contributed by atoms with E-state index in [2.05, 4.69) is 0 Å². The molecule has 1 atom stereocenters. The van der Waals surface area contributed by atoms with Gasteiger partial charge < -0.3 is 30.2 Å². The van der Waals surface area contributed by atoms with Crippen molar-refractivity contribution < 1.29 is 33.9 Å². The molecular weight excluding hydrogens is 367 g/mol. The molecule has 1 aromatic carbocycles. The highest BCUT2D eigenvalue weighted by atomic mass is 16.5. The number of ketones is 1. The van der Waals surface area contributed by atoms with Gasteiger partial charge in [0.1, 0.15) is 28.9 Å². The maximum atomic E-state index is 12.3. The number of hydrogen-bond donors (Lipinski definition) is 3. The second kappa shape index (κ2) is 8.20. The van der Waals surface area contributed by atoms with Crippen molar-refractivity contribution in [2.24, 2.45) is 11.7 Å². The highest BCUT2D eigenvalue weighted by molar-refractivity contribution is 6.44. The maximum absolute atomic E-state index is 12.3. The Morgan fingerprint density at radius 3 is 2.75 bits per heavy atom. The molecular formula is C18H23BN2O7. The summed E-state index contributed by atoms with van der Waals surface area (Å²) in [7, 11) is -1.05. The van der Waals surface area contributed by atoms with Crippen molar-refractivity contribution in [1.29, 1.82) is 0 Å². The molecule has 2 aliphatic rings. The number of rotatable bonds is 7. The molecule has 0 spiro atoms. The lowest BCUT2D eigenvalue weighted by atomic mass is 9.78. The Morgan fingerprint density at radius 2 is 2.11 bits per heavy atom. The van der Waals surface area contributed by atoms with E-state index in [1.807, 2.05) is 0 Å². The average Bonchev–Trinajstić information content (AvgIpc) is 2.62. The predicted octanol–water partition coefficient (Wildman–Crippen LogP) is -0.0562. The monoisotopic (exact) mass is 390 g/mol. The number of benzene rings is 1. The molecule has 3 rings (SSSR count). The maximum Gasteiger partial charge on any atom is 0.522 e. The Morgan fingerprint density at radius 1 is 1.39 bits per heavy atom. The van der Waals surface area contributed by atoms with Gasteiger partial charge in [0.05, 0.1) is 19.6 Å². The lowest BCUT2D eigenvalue weighted by molar-refractivity contribution is -0.145. The van der Waals surface area contributed by atoms with Gasteiger partial charge in [-0.25, -0.2) is 4.79 Å². The highest BCUT2D eigenvalue weighted by Gasteiger charge is 2.37. The van der Waals surface area contributed by atoms with Crippen LogP contribution in [-0.4, -0.2) is 65.5 Å². The van der Waals surface area contributed by atoms with Gasteiger partial charge in [-0.2, -0.15) is 0 Å². The molecule has 0 aromatic heterocycles. The van der Waals surface area contributed by atoms with Crippen molar-refractivity contribution in [3.8, 4) is 11.5 Å². The molecule has 4 N–H and O–H groups in total. The number of carbonyl (C=O) groups excluding carboxylic acids is 2. The van der Waals surface area contributed by atoms with Crippen LogP contribution in [0, 0.1) is 5.92 Å². The van der Waals surface area contributed by atoms with E-state index in [-0.39, 0.29) is 47.8 Å². The first-order valence-corrected chi connectivity index (χ1v) is 9.21. The number of aryl methyl sites for hydroxylation is 1. The molecule has 1 amide bonds. The van der Waals surface area contributed by atoms with Gasteiger partial charge in [-0.1, -0.05) is 13.0 Å². The molecule has 0 unspecified atom stereocenters. The zero-order chi connectivity index (χ0) is 20.4. The van der Waals surface area contributed by atoms with Gasteiger partial charge in [0.2, 0.25) is 5.91 Å². The average molecular weight is 390 g/mol. The Bertz CT molecular complexity index is 794. The standard InChI is InChI=1S/C18H23BN2O7/c1-10(6-12(22)7-20)17(23)21-8-13(9-21)27-14-3-2-11-4-5-19(26)28-16(11)15(14)18(24)25/h2-3,10,13,26H,4-9,20H2,1H3,(H,24,25)/t10-/m0/s1. The second-order valence-electron chi connectivity index (χ2n) is 7.17. The van der Waals surface area contributed by atoms with E-state index in [0.717, 1.165) is 0 Å². The minimum Gasteiger partial charge on any atom is -0.535 e. The molecule has 10 heteroatoms. The number of carboxylic acids is 1. The Balaban J connectivity index is 1.65. The van der Waals surface area contributed by atoms with Gasteiger partial charge in [0, 0.05) is 12.3 Å². The van der Waals surface area contributed by atoms with E-state index in [9.17, 15) is 24.5 Å². The number of carbonyl (C=O) groups is 3. The minimum atomic E-state index is -1.21. The SMILES string of the molecule is C[C@@H](CC(=O)CN)C(=O)N1CC(Oc2ccc3c(c2C(=O)O)OB(O)CC3)C1.